The Labute approximate surface area is 225 Å². The quantitative estimate of drug-likeness (QED) is 0.327. The van der Waals surface area contributed by atoms with Crippen LogP contribution in [0.5, 0.6) is 11.5 Å². The molecule has 11 heteroatoms. The second-order valence-corrected chi connectivity index (χ2v) is 10.5. The molecule has 2 aliphatic carbocycles. The predicted octanol–water partition coefficient (Wildman–Crippen LogP) is 3.41. The number of carbonyl (C=O) groups is 2. The Morgan fingerprint density at radius 1 is 1.10 bits per heavy atom. The highest BCUT2D eigenvalue weighted by molar-refractivity contribution is 6.09. The fourth-order valence-corrected chi connectivity index (χ4v) is 5.05. The number of aromatic amines is 1. The molecule has 0 saturated heterocycles. The van der Waals surface area contributed by atoms with Gasteiger partial charge in [0.15, 0.2) is 11.6 Å². The van der Waals surface area contributed by atoms with Gasteiger partial charge >= 0.3 is 0 Å². The third kappa shape index (κ3) is 5.83. The maximum Gasteiger partial charge on any atom is 0.255 e. The first-order valence-electron chi connectivity index (χ1n) is 13.4. The molecule has 3 aromatic rings. The molecule has 0 aliphatic heterocycles. The summed E-state index contributed by atoms with van der Waals surface area (Å²) in [5.41, 5.74) is 2.88. The number of ether oxygens (including phenoxy) is 2. The van der Waals surface area contributed by atoms with Gasteiger partial charge in [0.1, 0.15) is 29.4 Å². The minimum absolute atomic E-state index is 0.0217. The zero-order valence-electron chi connectivity index (χ0n) is 22.3. The number of aliphatic hydroxyl groups excluding tert-OH is 1. The van der Waals surface area contributed by atoms with Crippen LogP contribution in [0.25, 0.3) is 22.3 Å². The third-order valence-electron chi connectivity index (χ3n) is 7.47. The van der Waals surface area contributed by atoms with Crippen LogP contribution in [0.15, 0.2) is 18.5 Å². The number of carbonyl (C=O) groups excluding carboxylic acids is 2. The summed E-state index contributed by atoms with van der Waals surface area (Å²) in [6, 6.07) is 2.80. The van der Waals surface area contributed by atoms with E-state index in [1.807, 2.05) is 0 Å². The molecule has 0 unspecified atom stereocenters. The van der Waals surface area contributed by atoms with Gasteiger partial charge in [0.25, 0.3) is 5.91 Å². The number of halogens is 1. The number of hydrogen-bond donors (Lipinski definition) is 4. The molecule has 0 radical (unpaired) electrons. The molecule has 0 bridgehead atoms. The van der Waals surface area contributed by atoms with Crippen molar-refractivity contribution in [1.82, 2.24) is 25.6 Å². The van der Waals surface area contributed by atoms with Crippen LogP contribution < -0.4 is 20.1 Å². The van der Waals surface area contributed by atoms with Crippen LogP contribution in [0, 0.1) is 18.7 Å². The number of benzene rings is 1. The average molecular weight is 540 g/mol. The van der Waals surface area contributed by atoms with E-state index in [0.29, 0.717) is 77.5 Å². The van der Waals surface area contributed by atoms with Crippen molar-refractivity contribution in [2.24, 2.45) is 5.92 Å². The number of methoxy groups -OCH3 is 1. The highest BCUT2D eigenvalue weighted by Gasteiger charge is 2.28. The van der Waals surface area contributed by atoms with E-state index in [9.17, 15) is 19.1 Å². The Balaban J connectivity index is 1.38. The summed E-state index contributed by atoms with van der Waals surface area (Å²) in [5.74, 6) is -0.154. The lowest BCUT2D eigenvalue weighted by Crippen LogP contribution is -2.46. The van der Waals surface area contributed by atoms with Gasteiger partial charge in [-0.15, -0.1) is 0 Å². The van der Waals surface area contributed by atoms with Crippen LogP contribution in [-0.4, -0.2) is 63.8 Å². The maximum absolute atomic E-state index is 14.8. The molecule has 10 nitrogen and oxygen atoms in total. The summed E-state index contributed by atoms with van der Waals surface area (Å²) in [4.78, 5) is 37.3. The molecular weight excluding hydrogens is 505 g/mol. The van der Waals surface area contributed by atoms with Gasteiger partial charge in [0.05, 0.1) is 24.8 Å². The van der Waals surface area contributed by atoms with E-state index in [-0.39, 0.29) is 29.6 Å². The van der Waals surface area contributed by atoms with E-state index in [4.69, 9.17) is 9.47 Å². The molecule has 2 saturated carbocycles. The molecule has 1 atom stereocenters. The number of aryl methyl sites for hydroxylation is 1. The number of H-pyrrole nitrogens is 1. The molecule has 2 fully saturated rings. The second kappa shape index (κ2) is 11.2. The Bertz CT molecular complexity index is 1380. The van der Waals surface area contributed by atoms with Crippen LogP contribution in [0.3, 0.4) is 0 Å². The van der Waals surface area contributed by atoms with Crippen molar-refractivity contribution >= 4 is 22.8 Å². The first-order chi connectivity index (χ1) is 18.7. The van der Waals surface area contributed by atoms with Crippen molar-refractivity contribution in [3.63, 3.8) is 0 Å². The molecule has 4 N–H and O–H groups in total. The Kier molecular flexibility index (Phi) is 7.69. The monoisotopic (exact) mass is 539 g/mol. The number of amides is 2. The summed E-state index contributed by atoms with van der Waals surface area (Å²) in [7, 11) is 1.41. The molecule has 5 rings (SSSR count). The van der Waals surface area contributed by atoms with Gasteiger partial charge in [-0.1, -0.05) is 0 Å². The normalized spacial score (nSPS) is 19.9. The van der Waals surface area contributed by atoms with Crippen LogP contribution in [0.1, 0.15) is 61.5 Å². The molecular formula is C28H34FN5O5. The number of aromatic nitrogens is 3. The van der Waals surface area contributed by atoms with E-state index in [2.05, 4.69) is 25.6 Å². The zero-order chi connectivity index (χ0) is 27.7. The fourth-order valence-electron chi connectivity index (χ4n) is 5.05. The Morgan fingerprint density at radius 2 is 1.79 bits per heavy atom. The number of nitrogens with zero attached hydrogens (tertiary/aromatic N) is 2. The van der Waals surface area contributed by atoms with Crippen LogP contribution in [-0.2, 0) is 4.79 Å². The molecule has 2 heterocycles. The van der Waals surface area contributed by atoms with E-state index in [1.54, 1.807) is 6.92 Å². The highest BCUT2D eigenvalue weighted by atomic mass is 19.1. The summed E-state index contributed by atoms with van der Waals surface area (Å²) in [6.45, 7) is 3.76. The van der Waals surface area contributed by atoms with Crippen LogP contribution in [0.4, 0.5) is 4.39 Å². The molecule has 0 spiro atoms. The molecule has 2 amide bonds. The number of nitrogens with one attached hydrogen (secondary N) is 3. The topological polar surface area (TPSA) is 138 Å². The first kappa shape index (κ1) is 26.9. The van der Waals surface area contributed by atoms with Crippen molar-refractivity contribution in [3.05, 3.63) is 35.5 Å². The van der Waals surface area contributed by atoms with Gasteiger partial charge in [-0.2, -0.15) is 0 Å². The minimum Gasteiger partial charge on any atom is -0.494 e. The number of rotatable bonds is 9. The van der Waals surface area contributed by atoms with Crippen LogP contribution >= 0.6 is 0 Å². The molecule has 2 aliphatic rings. The lowest BCUT2D eigenvalue weighted by molar-refractivity contribution is -0.129. The lowest BCUT2D eigenvalue weighted by atomic mass is 9.90. The SMILES string of the molecule is COc1cc(OCC2CC2)c(-c2ncnc3c(C(=O)NC4CCC(NC(=O)[C@H](C)O)CC4)c(C)[nH]c23)cc1F. The maximum atomic E-state index is 14.8. The number of hydrogen-bond acceptors (Lipinski definition) is 7. The minimum atomic E-state index is -1.05. The lowest BCUT2D eigenvalue weighted by Gasteiger charge is -2.30. The zero-order valence-corrected chi connectivity index (χ0v) is 22.3. The Morgan fingerprint density at radius 3 is 2.44 bits per heavy atom. The van der Waals surface area contributed by atoms with Crippen molar-refractivity contribution in [2.45, 2.75) is 70.6 Å². The summed E-state index contributed by atoms with van der Waals surface area (Å²) >= 11 is 0. The van der Waals surface area contributed by atoms with Gasteiger partial charge in [0, 0.05) is 29.4 Å². The highest BCUT2D eigenvalue weighted by Crippen LogP contribution is 2.39. The fraction of sp³-hybridized carbons (Fsp3) is 0.500. The first-order valence-corrected chi connectivity index (χ1v) is 13.4. The number of fused-ring (bicyclic) bond motifs is 1. The van der Waals surface area contributed by atoms with Gasteiger partial charge in [0.2, 0.25) is 5.91 Å². The summed E-state index contributed by atoms with van der Waals surface area (Å²) in [5, 5.41) is 15.4. The van der Waals surface area contributed by atoms with Gasteiger partial charge in [-0.25, -0.2) is 14.4 Å². The third-order valence-corrected chi connectivity index (χ3v) is 7.47. The largest absolute Gasteiger partial charge is 0.494 e. The van der Waals surface area contributed by atoms with E-state index < -0.39 is 11.9 Å². The standard InChI is InChI=1S/C28H34FN5O5/c1-14-23(28(37)34-18-8-6-17(7-9-18)33-27(36)15(2)35)25-26(32-14)24(30-13-31-25)19-10-20(29)22(38-3)11-21(19)39-12-16-4-5-16/h10-11,13,15-18,32,35H,4-9,12H2,1-3H3,(H,33,36)(H,34,37)/t15-,17?,18?/m0/s1. The average Bonchev–Trinajstić information content (AvgIpc) is 3.68. The Hall–Kier alpha value is -3.73. The van der Waals surface area contributed by atoms with E-state index >= 15 is 0 Å². The van der Waals surface area contributed by atoms with Crippen molar-refractivity contribution in [3.8, 4) is 22.8 Å². The van der Waals surface area contributed by atoms with Gasteiger partial charge in [-0.05, 0) is 64.4 Å². The molecule has 39 heavy (non-hydrogen) atoms. The summed E-state index contributed by atoms with van der Waals surface area (Å²) in [6.07, 6.45) is 5.34. The smallest absolute Gasteiger partial charge is 0.255 e. The second-order valence-electron chi connectivity index (χ2n) is 10.5. The molecule has 208 valence electrons. The van der Waals surface area contributed by atoms with E-state index in [1.165, 1.54) is 32.5 Å². The predicted molar refractivity (Wildman–Crippen MR) is 142 cm³/mol. The summed E-state index contributed by atoms with van der Waals surface area (Å²) < 4.78 is 26.0. The van der Waals surface area contributed by atoms with Crippen molar-refractivity contribution < 1.29 is 28.6 Å². The van der Waals surface area contributed by atoms with Crippen molar-refractivity contribution in [1.29, 1.82) is 0 Å². The number of aliphatic hydroxyl groups is 1. The van der Waals surface area contributed by atoms with Gasteiger partial charge < -0.3 is 30.2 Å². The van der Waals surface area contributed by atoms with Crippen molar-refractivity contribution in [2.75, 3.05) is 13.7 Å². The molecule has 1 aromatic carbocycles. The van der Waals surface area contributed by atoms with Gasteiger partial charge in [-0.3, -0.25) is 9.59 Å². The van der Waals surface area contributed by atoms with Crippen LogP contribution in [0.2, 0.25) is 0 Å². The molecule has 2 aromatic heterocycles. The van der Waals surface area contributed by atoms with E-state index in [0.717, 1.165) is 12.8 Å².